The summed E-state index contributed by atoms with van der Waals surface area (Å²) in [6.45, 7) is 0.719. The van der Waals surface area contributed by atoms with Crippen LogP contribution < -0.4 is 15.8 Å². The number of hydrogen-bond acceptors (Lipinski definition) is 4. The topological polar surface area (TPSA) is 71.1 Å². The maximum Gasteiger partial charge on any atom is 0.143 e. The third-order valence-electron chi connectivity index (χ3n) is 3.88. The summed E-state index contributed by atoms with van der Waals surface area (Å²) in [6, 6.07) is 8.02. The maximum atomic E-state index is 8.91. The highest BCUT2D eigenvalue weighted by atomic mass is 16.5. The van der Waals surface area contributed by atoms with Crippen LogP contribution in [0.1, 0.15) is 31.2 Å². The molecular weight excluding hydrogens is 238 g/mol. The van der Waals surface area contributed by atoms with Gasteiger partial charge in [-0.25, -0.2) is 0 Å². The second kappa shape index (κ2) is 6.44. The third kappa shape index (κ3) is 3.18. The standard InChI is InChI=1S/C15H21N3O/c1-19-15-8-11(9-16)6-7-14(15)18-13-5-3-2-4-12(13)10-17/h6-8,12-13,18H,2-5,10,17H2,1H3. The number of rotatable bonds is 4. The highest BCUT2D eigenvalue weighted by Crippen LogP contribution is 2.31. The molecule has 1 aromatic rings. The molecule has 2 atom stereocenters. The lowest BCUT2D eigenvalue weighted by Crippen LogP contribution is -2.36. The van der Waals surface area contributed by atoms with E-state index in [0.717, 1.165) is 24.4 Å². The zero-order chi connectivity index (χ0) is 13.7. The van der Waals surface area contributed by atoms with Gasteiger partial charge in [-0.1, -0.05) is 12.8 Å². The number of ether oxygens (including phenoxy) is 1. The summed E-state index contributed by atoms with van der Waals surface area (Å²) >= 11 is 0. The summed E-state index contributed by atoms with van der Waals surface area (Å²) in [5, 5.41) is 12.4. The molecule has 0 amide bonds. The van der Waals surface area contributed by atoms with Crippen LogP contribution in [0.5, 0.6) is 5.75 Å². The fourth-order valence-corrected chi connectivity index (χ4v) is 2.76. The van der Waals surface area contributed by atoms with E-state index in [1.165, 1.54) is 19.3 Å². The number of nitrogens with one attached hydrogen (secondary N) is 1. The van der Waals surface area contributed by atoms with E-state index in [0.29, 0.717) is 17.5 Å². The van der Waals surface area contributed by atoms with Gasteiger partial charge in [-0.05, 0) is 37.4 Å². The van der Waals surface area contributed by atoms with E-state index < -0.39 is 0 Å². The maximum absolute atomic E-state index is 8.91. The SMILES string of the molecule is COc1cc(C#N)ccc1NC1CCCCC1CN. The van der Waals surface area contributed by atoms with Crippen LogP contribution in [-0.2, 0) is 0 Å². The summed E-state index contributed by atoms with van der Waals surface area (Å²) in [4.78, 5) is 0. The quantitative estimate of drug-likeness (QED) is 0.871. The minimum atomic E-state index is 0.403. The Hall–Kier alpha value is -1.73. The highest BCUT2D eigenvalue weighted by Gasteiger charge is 2.24. The van der Waals surface area contributed by atoms with Crippen LogP contribution in [0.15, 0.2) is 18.2 Å². The van der Waals surface area contributed by atoms with Crippen LogP contribution in [0, 0.1) is 17.2 Å². The number of nitrogens with two attached hydrogens (primary N) is 1. The van der Waals surface area contributed by atoms with E-state index >= 15 is 0 Å². The Labute approximate surface area is 114 Å². The number of nitriles is 1. The van der Waals surface area contributed by atoms with Gasteiger partial charge in [0.15, 0.2) is 0 Å². The zero-order valence-electron chi connectivity index (χ0n) is 11.4. The molecule has 1 fully saturated rings. The van der Waals surface area contributed by atoms with Gasteiger partial charge in [-0.2, -0.15) is 5.26 Å². The summed E-state index contributed by atoms with van der Waals surface area (Å²) < 4.78 is 5.35. The van der Waals surface area contributed by atoms with Crippen LogP contribution in [0.4, 0.5) is 5.69 Å². The first kappa shape index (κ1) is 13.7. The minimum absolute atomic E-state index is 0.403. The lowest BCUT2D eigenvalue weighted by molar-refractivity contribution is 0.331. The van der Waals surface area contributed by atoms with E-state index in [2.05, 4.69) is 11.4 Å². The number of hydrogen-bond donors (Lipinski definition) is 2. The molecule has 1 saturated carbocycles. The number of anilines is 1. The molecule has 0 saturated heterocycles. The van der Waals surface area contributed by atoms with E-state index in [9.17, 15) is 0 Å². The van der Waals surface area contributed by atoms with Crippen LogP contribution in [-0.4, -0.2) is 19.7 Å². The Bertz CT molecular complexity index is 467. The number of nitrogens with zero attached hydrogens (tertiary/aromatic N) is 1. The molecule has 3 N–H and O–H groups in total. The molecule has 4 heteroatoms. The van der Waals surface area contributed by atoms with Gasteiger partial charge in [0.2, 0.25) is 0 Å². The molecule has 0 aromatic heterocycles. The van der Waals surface area contributed by atoms with Crippen molar-refractivity contribution < 1.29 is 4.74 Å². The van der Waals surface area contributed by atoms with Crippen LogP contribution in [0.25, 0.3) is 0 Å². The van der Waals surface area contributed by atoms with Crippen molar-refractivity contribution in [1.82, 2.24) is 0 Å². The average molecular weight is 259 g/mol. The Kier molecular flexibility index (Phi) is 4.64. The molecule has 1 aliphatic carbocycles. The van der Waals surface area contributed by atoms with Gasteiger partial charge >= 0.3 is 0 Å². The predicted molar refractivity (Wildman–Crippen MR) is 76.1 cm³/mol. The van der Waals surface area contributed by atoms with E-state index in [1.807, 2.05) is 12.1 Å². The molecular formula is C15H21N3O. The van der Waals surface area contributed by atoms with Crippen molar-refractivity contribution in [3.63, 3.8) is 0 Å². The van der Waals surface area contributed by atoms with Crippen LogP contribution >= 0.6 is 0 Å². The molecule has 2 rings (SSSR count). The normalized spacial score (nSPS) is 22.6. The molecule has 0 radical (unpaired) electrons. The molecule has 0 spiro atoms. The third-order valence-corrected chi connectivity index (χ3v) is 3.88. The van der Waals surface area contributed by atoms with Gasteiger partial charge in [0.25, 0.3) is 0 Å². The number of methoxy groups -OCH3 is 1. The lowest BCUT2D eigenvalue weighted by atomic mass is 9.84. The monoisotopic (exact) mass is 259 g/mol. The summed E-state index contributed by atoms with van der Waals surface area (Å²) in [5.41, 5.74) is 7.41. The molecule has 102 valence electrons. The van der Waals surface area contributed by atoms with Crippen molar-refractivity contribution >= 4 is 5.69 Å². The first-order chi connectivity index (χ1) is 9.28. The van der Waals surface area contributed by atoms with E-state index in [1.54, 1.807) is 13.2 Å². The van der Waals surface area contributed by atoms with Crippen molar-refractivity contribution in [2.75, 3.05) is 19.0 Å². The summed E-state index contributed by atoms with van der Waals surface area (Å²) in [5.74, 6) is 1.24. The van der Waals surface area contributed by atoms with Crippen LogP contribution in [0.2, 0.25) is 0 Å². The fraction of sp³-hybridized carbons (Fsp3) is 0.533. The van der Waals surface area contributed by atoms with Gasteiger partial charge in [0, 0.05) is 12.1 Å². The van der Waals surface area contributed by atoms with Crippen molar-refractivity contribution in [3.05, 3.63) is 23.8 Å². The smallest absolute Gasteiger partial charge is 0.143 e. The Morgan fingerprint density at radius 2 is 2.21 bits per heavy atom. The van der Waals surface area contributed by atoms with Crippen LogP contribution in [0.3, 0.4) is 0 Å². The predicted octanol–water partition coefficient (Wildman–Crippen LogP) is 2.50. The van der Waals surface area contributed by atoms with E-state index in [4.69, 9.17) is 15.7 Å². The Balaban J connectivity index is 2.15. The molecule has 0 aliphatic heterocycles. The summed E-state index contributed by atoms with van der Waals surface area (Å²) in [6.07, 6.45) is 4.84. The second-order valence-corrected chi connectivity index (χ2v) is 5.06. The fourth-order valence-electron chi connectivity index (χ4n) is 2.76. The van der Waals surface area contributed by atoms with Crippen molar-refractivity contribution in [2.24, 2.45) is 11.7 Å². The van der Waals surface area contributed by atoms with Gasteiger partial charge in [0.1, 0.15) is 5.75 Å². The molecule has 2 unspecified atom stereocenters. The molecule has 4 nitrogen and oxygen atoms in total. The van der Waals surface area contributed by atoms with Gasteiger partial charge < -0.3 is 15.8 Å². The first-order valence-electron chi connectivity index (χ1n) is 6.83. The lowest BCUT2D eigenvalue weighted by Gasteiger charge is -2.32. The zero-order valence-corrected chi connectivity index (χ0v) is 11.4. The van der Waals surface area contributed by atoms with Gasteiger partial charge in [-0.15, -0.1) is 0 Å². The Morgan fingerprint density at radius 1 is 1.42 bits per heavy atom. The Morgan fingerprint density at radius 3 is 2.89 bits per heavy atom. The minimum Gasteiger partial charge on any atom is -0.495 e. The van der Waals surface area contributed by atoms with Gasteiger partial charge in [0.05, 0.1) is 24.4 Å². The van der Waals surface area contributed by atoms with Crippen molar-refractivity contribution in [2.45, 2.75) is 31.7 Å². The molecule has 1 aliphatic rings. The average Bonchev–Trinajstić information content (AvgIpc) is 2.48. The molecule has 19 heavy (non-hydrogen) atoms. The van der Waals surface area contributed by atoms with E-state index in [-0.39, 0.29) is 0 Å². The highest BCUT2D eigenvalue weighted by molar-refractivity contribution is 5.60. The molecule has 0 bridgehead atoms. The molecule has 1 aromatic carbocycles. The van der Waals surface area contributed by atoms with Gasteiger partial charge in [-0.3, -0.25) is 0 Å². The largest absolute Gasteiger partial charge is 0.495 e. The molecule has 0 heterocycles. The first-order valence-corrected chi connectivity index (χ1v) is 6.83. The van der Waals surface area contributed by atoms with Crippen molar-refractivity contribution in [1.29, 1.82) is 5.26 Å². The number of benzene rings is 1. The van der Waals surface area contributed by atoms with Crippen molar-refractivity contribution in [3.8, 4) is 11.8 Å². The second-order valence-electron chi connectivity index (χ2n) is 5.06. The summed E-state index contributed by atoms with van der Waals surface area (Å²) in [7, 11) is 1.63.